The van der Waals surface area contributed by atoms with Gasteiger partial charge < -0.3 is 5.32 Å². The molecule has 1 aromatic heterocycles. The van der Waals surface area contributed by atoms with E-state index in [4.69, 9.17) is 0 Å². The number of rotatable bonds is 6. The SMILES string of the molecule is Fc1ccc(CNCCCn2cccn2)cc1C(F)(F)F. The summed E-state index contributed by atoms with van der Waals surface area (Å²) in [5, 5.41) is 7.07. The van der Waals surface area contributed by atoms with Gasteiger partial charge in [-0.25, -0.2) is 4.39 Å². The highest BCUT2D eigenvalue weighted by atomic mass is 19.4. The molecule has 0 aliphatic carbocycles. The van der Waals surface area contributed by atoms with Crippen LogP contribution >= 0.6 is 0 Å². The van der Waals surface area contributed by atoms with Gasteiger partial charge in [0.2, 0.25) is 0 Å². The quantitative estimate of drug-likeness (QED) is 0.656. The fourth-order valence-electron chi connectivity index (χ4n) is 1.93. The zero-order valence-corrected chi connectivity index (χ0v) is 11.2. The molecule has 21 heavy (non-hydrogen) atoms. The highest BCUT2D eigenvalue weighted by Crippen LogP contribution is 2.31. The maximum Gasteiger partial charge on any atom is 0.419 e. The molecule has 0 spiro atoms. The van der Waals surface area contributed by atoms with E-state index in [-0.39, 0.29) is 6.54 Å². The van der Waals surface area contributed by atoms with Crippen LogP contribution in [0.3, 0.4) is 0 Å². The second-order valence-corrected chi connectivity index (χ2v) is 4.61. The molecule has 114 valence electrons. The molecule has 0 aliphatic rings. The maximum absolute atomic E-state index is 13.1. The van der Waals surface area contributed by atoms with Crippen molar-refractivity contribution in [3.8, 4) is 0 Å². The Morgan fingerprint density at radius 1 is 1.24 bits per heavy atom. The first-order valence-electron chi connectivity index (χ1n) is 6.50. The fraction of sp³-hybridized carbons (Fsp3) is 0.357. The number of nitrogens with one attached hydrogen (secondary N) is 1. The van der Waals surface area contributed by atoms with E-state index in [1.807, 2.05) is 12.3 Å². The Labute approximate surface area is 119 Å². The summed E-state index contributed by atoms with van der Waals surface area (Å²) in [4.78, 5) is 0. The monoisotopic (exact) mass is 301 g/mol. The molecule has 0 unspecified atom stereocenters. The molecule has 2 rings (SSSR count). The number of hydrogen-bond donors (Lipinski definition) is 1. The van der Waals surface area contributed by atoms with Crippen LogP contribution in [0, 0.1) is 5.82 Å². The predicted octanol–water partition coefficient (Wildman–Crippen LogP) is 3.22. The van der Waals surface area contributed by atoms with Crippen molar-refractivity contribution in [3.63, 3.8) is 0 Å². The molecule has 0 bridgehead atoms. The molecule has 1 aromatic carbocycles. The van der Waals surface area contributed by atoms with Gasteiger partial charge in [0, 0.05) is 25.5 Å². The lowest BCUT2D eigenvalue weighted by atomic mass is 10.1. The third-order valence-electron chi connectivity index (χ3n) is 2.97. The first-order chi connectivity index (χ1) is 9.97. The minimum absolute atomic E-state index is 0.266. The predicted molar refractivity (Wildman–Crippen MR) is 70.0 cm³/mol. The zero-order valence-electron chi connectivity index (χ0n) is 11.2. The van der Waals surface area contributed by atoms with Crippen LogP contribution in [0.15, 0.2) is 36.7 Å². The van der Waals surface area contributed by atoms with Gasteiger partial charge in [-0.3, -0.25) is 4.68 Å². The molecule has 0 aliphatic heterocycles. The van der Waals surface area contributed by atoms with Gasteiger partial charge in [-0.05, 0) is 36.7 Å². The summed E-state index contributed by atoms with van der Waals surface area (Å²) in [6.07, 6.45) is -0.338. The van der Waals surface area contributed by atoms with Crippen LogP contribution in [0.4, 0.5) is 17.6 Å². The van der Waals surface area contributed by atoms with Crippen molar-refractivity contribution < 1.29 is 17.6 Å². The average Bonchev–Trinajstić information content (AvgIpc) is 2.92. The summed E-state index contributed by atoms with van der Waals surface area (Å²) in [5.41, 5.74) is -0.818. The lowest BCUT2D eigenvalue weighted by molar-refractivity contribution is -0.140. The highest BCUT2D eigenvalue weighted by Gasteiger charge is 2.34. The summed E-state index contributed by atoms with van der Waals surface area (Å²) < 4.78 is 52.6. The van der Waals surface area contributed by atoms with Gasteiger partial charge in [0.15, 0.2) is 0 Å². The summed E-state index contributed by atoms with van der Waals surface area (Å²) in [5.74, 6) is -1.25. The van der Waals surface area contributed by atoms with Crippen molar-refractivity contribution >= 4 is 0 Å². The Morgan fingerprint density at radius 3 is 2.71 bits per heavy atom. The molecule has 2 aromatic rings. The standard InChI is InChI=1S/C14H15F4N3/c15-13-4-3-11(9-12(13)14(16,17)18)10-19-5-1-7-21-8-2-6-20-21/h2-4,6,8-9,19H,1,5,7,10H2. The van der Waals surface area contributed by atoms with Crippen LogP contribution in [-0.4, -0.2) is 16.3 Å². The summed E-state index contributed by atoms with van der Waals surface area (Å²) in [7, 11) is 0. The average molecular weight is 301 g/mol. The molecular weight excluding hydrogens is 286 g/mol. The van der Waals surface area contributed by atoms with Gasteiger partial charge in [-0.1, -0.05) is 6.07 Å². The Morgan fingerprint density at radius 2 is 2.05 bits per heavy atom. The first-order valence-corrected chi connectivity index (χ1v) is 6.50. The number of aryl methyl sites for hydroxylation is 1. The van der Waals surface area contributed by atoms with Crippen LogP contribution in [0.1, 0.15) is 17.5 Å². The molecule has 0 radical (unpaired) electrons. The van der Waals surface area contributed by atoms with E-state index >= 15 is 0 Å². The van der Waals surface area contributed by atoms with Crippen molar-refractivity contribution in [2.24, 2.45) is 0 Å². The van der Waals surface area contributed by atoms with Crippen LogP contribution in [0.25, 0.3) is 0 Å². The topological polar surface area (TPSA) is 29.9 Å². The van der Waals surface area contributed by atoms with Crippen molar-refractivity contribution in [2.45, 2.75) is 25.7 Å². The minimum atomic E-state index is -4.67. The van der Waals surface area contributed by atoms with E-state index in [2.05, 4.69) is 10.4 Å². The molecule has 0 saturated carbocycles. The van der Waals surface area contributed by atoms with Crippen molar-refractivity contribution in [1.29, 1.82) is 0 Å². The second kappa shape index (κ2) is 6.71. The lowest BCUT2D eigenvalue weighted by Gasteiger charge is -2.11. The van der Waals surface area contributed by atoms with Crippen LogP contribution in [0.5, 0.6) is 0 Å². The molecule has 7 heteroatoms. The summed E-state index contributed by atoms with van der Waals surface area (Å²) in [6, 6.07) is 4.87. The third kappa shape index (κ3) is 4.56. The van der Waals surface area contributed by atoms with E-state index in [0.29, 0.717) is 12.1 Å². The first kappa shape index (κ1) is 15.5. The van der Waals surface area contributed by atoms with Gasteiger partial charge in [0.25, 0.3) is 0 Å². The van der Waals surface area contributed by atoms with Gasteiger partial charge in [0.1, 0.15) is 5.82 Å². The zero-order chi connectivity index (χ0) is 15.3. The summed E-state index contributed by atoms with van der Waals surface area (Å²) in [6.45, 7) is 1.64. The van der Waals surface area contributed by atoms with E-state index in [1.54, 1.807) is 10.9 Å². The van der Waals surface area contributed by atoms with Crippen LogP contribution in [-0.2, 0) is 19.3 Å². The number of halogens is 4. The fourth-order valence-corrected chi connectivity index (χ4v) is 1.93. The molecule has 3 nitrogen and oxygen atoms in total. The van der Waals surface area contributed by atoms with Crippen molar-refractivity contribution in [2.75, 3.05) is 6.54 Å². The molecule has 1 N–H and O–H groups in total. The molecule has 0 amide bonds. The van der Waals surface area contributed by atoms with Crippen LogP contribution in [0.2, 0.25) is 0 Å². The van der Waals surface area contributed by atoms with Crippen molar-refractivity contribution in [1.82, 2.24) is 15.1 Å². The second-order valence-electron chi connectivity index (χ2n) is 4.61. The Hall–Kier alpha value is -1.89. The number of hydrogen-bond acceptors (Lipinski definition) is 2. The smallest absolute Gasteiger partial charge is 0.313 e. The highest BCUT2D eigenvalue weighted by molar-refractivity contribution is 5.27. The lowest BCUT2D eigenvalue weighted by Crippen LogP contribution is -2.17. The number of alkyl halides is 3. The van der Waals surface area contributed by atoms with E-state index in [0.717, 1.165) is 25.1 Å². The molecule has 0 saturated heterocycles. The number of nitrogens with zero attached hydrogens (tertiary/aromatic N) is 2. The van der Waals surface area contributed by atoms with Gasteiger partial charge in [-0.15, -0.1) is 0 Å². The van der Waals surface area contributed by atoms with Crippen molar-refractivity contribution in [3.05, 3.63) is 53.6 Å². The van der Waals surface area contributed by atoms with Gasteiger partial charge in [0.05, 0.1) is 5.56 Å². The van der Waals surface area contributed by atoms with Gasteiger partial charge in [-0.2, -0.15) is 18.3 Å². The van der Waals surface area contributed by atoms with Gasteiger partial charge >= 0.3 is 6.18 Å². The number of benzene rings is 1. The molecule has 1 heterocycles. The maximum atomic E-state index is 13.1. The van der Waals surface area contributed by atoms with E-state index < -0.39 is 17.6 Å². The van der Waals surface area contributed by atoms with E-state index in [9.17, 15) is 17.6 Å². The molecule has 0 atom stereocenters. The Kier molecular flexibility index (Phi) is 4.95. The largest absolute Gasteiger partial charge is 0.419 e. The van der Waals surface area contributed by atoms with E-state index in [1.165, 1.54) is 6.07 Å². The minimum Gasteiger partial charge on any atom is -0.313 e. The summed E-state index contributed by atoms with van der Waals surface area (Å²) >= 11 is 0. The molecule has 0 fully saturated rings. The number of aromatic nitrogens is 2. The normalized spacial score (nSPS) is 11.8. The Balaban J connectivity index is 1.80. The Bertz CT molecular complexity index is 564. The third-order valence-corrected chi connectivity index (χ3v) is 2.97. The molecular formula is C14H15F4N3. The van der Waals surface area contributed by atoms with Crippen LogP contribution < -0.4 is 5.32 Å².